The highest BCUT2D eigenvalue weighted by Crippen LogP contribution is 2.04. The minimum absolute atomic E-state index is 0.131. The van der Waals surface area contributed by atoms with E-state index in [0.29, 0.717) is 6.61 Å². The highest BCUT2D eigenvalue weighted by Gasteiger charge is 1.95. The summed E-state index contributed by atoms with van der Waals surface area (Å²) >= 11 is -1.87. The second kappa shape index (κ2) is 8.59. The number of hydrogen-bond acceptors (Lipinski definition) is 2. The minimum atomic E-state index is -1.87. The Hall–Kier alpha value is -0.710. The molecule has 0 amide bonds. The van der Waals surface area contributed by atoms with E-state index in [-0.39, 0.29) is 5.94 Å². The summed E-state index contributed by atoms with van der Waals surface area (Å²) in [6, 6.07) is 7.84. The third kappa shape index (κ3) is 7.25. The van der Waals surface area contributed by atoms with Crippen molar-refractivity contribution in [3.8, 4) is 0 Å². The van der Waals surface area contributed by atoms with Gasteiger partial charge in [0.25, 0.3) is 0 Å². The van der Waals surface area contributed by atoms with Crippen molar-refractivity contribution in [1.82, 2.24) is 0 Å². The van der Waals surface area contributed by atoms with Crippen LogP contribution >= 0.6 is 0 Å². The molecule has 1 aromatic carbocycles. The molecule has 1 N–H and O–H groups in total. The lowest BCUT2D eigenvalue weighted by molar-refractivity contribution is 0.162. The van der Waals surface area contributed by atoms with E-state index in [1.807, 2.05) is 45.0 Å². The van der Waals surface area contributed by atoms with Crippen molar-refractivity contribution in [1.29, 1.82) is 0 Å². The third-order valence-corrected chi connectivity index (χ3v) is 1.94. The fourth-order valence-corrected chi connectivity index (χ4v) is 1.14. The van der Waals surface area contributed by atoms with Gasteiger partial charge in [-0.15, -0.1) is 0 Å². The molecule has 1 unspecified atom stereocenters. The molecule has 3 nitrogen and oxygen atoms in total. The van der Waals surface area contributed by atoms with Gasteiger partial charge in [0.05, 0.1) is 6.61 Å². The maximum absolute atomic E-state index is 10.2. The van der Waals surface area contributed by atoms with Crippen LogP contribution in [0.3, 0.4) is 0 Å². The molecule has 0 heterocycles. The molecule has 15 heavy (non-hydrogen) atoms. The number of benzene rings is 1. The molecule has 1 atom stereocenters. The van der Waals surface area contributed by atoms with Crippen LogP contribution < -0.4 is 0 Å². The lowest BCUT2D eigenvalue weighted by Gasteiger charge is -2.01. The van der Waals surface area contributed by atoms with Crippen molar-refractivity contribution < 1.29 is 13.5 Å². The second-order valence-electron chi connectivity index (χ2n) is 2.77. The summed E-state index contributed by atoms with van der Waals surface area (Å²) in [5.41, 5.74) is 2.20. The standard InChI is InChI=1S/C9H12O3S.C2H6/c1-8-2-4-9(5-3-8)6-12-7-13(10)11;1-2/h2-5H,6-7H2,1H3,(H,10,11);1-2H3. The highest BCUT2D eigenvalue weighted by molar-refractivity contribution is 7.79. The van der Waals surface area contributed by atoms with Crippen molar-refractivity contribution >= 4 is 11.1 Å². The van der Waals surface area contributed by atoms with Gasteiger partial charge in [-0.2, -0.15) is 0 Å². The van der Waals surface area contributed by atoms with Gasteiger partial charge >= 0.3 is 0 Å². The Balaban J connectivity index is 0.000000921. The van der Waals surface area contributed by atoms with Gasteiger partial charge in [0.2, 0.25) is 0 Å². The predicted molar refractivity (Wildman–Crippen MR) is 63.0 cm³/mol. The first kappa shape index (κ1) is 14.3. The van der Waals surface area contributed by atoms with Crippen LogP contribution in [-0.2, 0) is 22.4 Å². The van der Waals surface area contributed by atoms with Crippen molar-refractivity contribution in [3.05, 3.63) is 35.4 Å². The molecule has 0 radical (unpaired) electrons. The zero-order valence-corrected chi connectivity index (χ0v) is 10.2. The molecule has 0 aliphatic carbocycles. The highest BCUT2D eigenvalue weighted by atomic mass is 32.2. The molecule has 1 aromatic rings. The molecular formula is C11H18O3S. The third-order valence-electron chi connectivity index (χ3n) is 1.57. The van der Waals surface area contributed by atoms with Crippen LogP contribution in [0.15, 0.2) is 24.3 Å². The molecule has 0 aliphatic heterocycles. The Labute approximate surface area is 93.8 Å². The fraction of sp³-hybridized carbons (Fsp3) is 0.455. The lowest BCUT2D eigenvalue weighted by Crippen LogP contribution is -2.00. The summed E-state index contributed by atoms with van der Waals surface area (Å²) in [6.45, 7) is 6.39. The first-order chi connectivity index (χ1) is 7.18. The van der Waals surface area contributed by atoms with Crippen LogP contribution in [0.5, 0.6) is 0 Å². The Morgan fingerprint density at radius 2 is 1.80 bits per heavy atom. The predicted octanol–water partition coefficient (Wildman–Crippen LogP) is 2.72. The molecule has 0 saturated heterocycles. The van der Waals surface area contributed by atoms with E-state index >= 15 is 0 Å². The van der Waals surface area contributed by atoms with E-state index in [4.69, 9.17) is 9.29 Å². The SMILES string of the molecule is CC.Cc1ccc(COCS(=O)O)cc1. The summed E-state index contributed by atoms with van der Waals surface area (Å²) in [4.78, 5) is 0. The molecule has 0 aromatic heterocycles. The molecule has 0 fully saturated rings. The largest absolute Gasteiger partial charge is 0.361 e. The van der Waals surface area contributed by atoms with Gasteiger partial charge in [-0.25, -0.2) is 4.21 Å². The van der Waals surface area contributed by atoms with Crippen LogP contribution in [0.2, 0.25) is 0 Å². The van der Waals surface area contributed by atoms with E-state index < -0.39 is 11.1 Å². The van der Waals surface area contributed by atoms with Gasteiger partial charge in [-0.1, -0.05) is 43.7 Å². The maximum atomic E-state index is 10.2. The Kier molecular flexibility index (Phi) is 8.18. The zero-order chi connectivity index (χ0) is 11.7. The molecule has 86 valence electrons. The van der Waals surface area contributed by atoms with E-state index in [0.717, 1.165) is 5.56 Å². The number of rotatable bonds is 4. The molecule has 0 aliphatic rings. The van der Waals surface area contributed by atoms with Crippen LogP contribution in [0.1, 0.15) is 25.0 Å². The average molecular weight is 230 g/mol. The van der Waals surface area contributed by atoms with Gasteiger partial charge in [0.15, 0.2) is 11.1 Å². The number of aryl methyl sites for hydroxylation is 1. The zero-order valence-electron chi connectivity index (χ0n) is 9.40. The molecular weight excluding hydrogens is 212 g/mol. The van der Waals surface area contributed by atoms with Gasteiger partial charge in [0, 0.05) is 0 Å². The molecule has 1 rings (SSSR count). The van der Waals surface area contributed by atoms with Gasteiger partial charge in [-0.3, -0.25) is 0 Å². The first-order valence-electron chi connectivity index (χ1n) is 4.89. The Morgan fingerprint density at radius 1 is 1.27 bits per heavy atom. The summed E-state index contributed by atoms with van der Waals surface area (Å²) in [5.74, 6) is -0.131. The monoisotopic (exact) mass is 230 g/mol. The van der Waals surface area contributed by atoms with Gasteiger partial charge < -0.3 is 9.29 Å². The van der Waals surface area contributed by atoms with Crippen molar-refractivity contribution in [3.63, 3.8) is 0 Å². The van der Waals surface area contributed by atoms with Crippen LogP contribution in [0.25, 0.3) is 0 Å². The van der Waals surface area contributed by atoms with Gasteiger partial charge in [0.1, 0.15) is 5.94 Å². The van der Waals surface area contributed by atoms with Crippen LogP contribution in [0.4, 0.5) is 0 Å². The number of hydrogen-bond donors (Lipinski definition) is 1. The number of ether oxygens (including phenoxy) is 1. The first-order valence-corrected chi connectivity index (χ1v) is 6.17. The van der Waals surface area contributed by atoms with Crippen molar-refractivity contribution in [2.45, 2.75) is 27.4 Å². The maximum Gasteiger partial charge on any atom is 0.179 e. The summed E-state index contributed by atoms with van der Waals surface area (Å²) < 4.78 is 23.6. The van der Waals surface area contributed by atoms with Crippen molar-refractivity contribution in [2.24, 2.45) is 0 Å². The van der Waals surface area contributed by atoms with E-state index in [1.165, 1.54) is 5.56 Å². The summed E-state index contributed by atoms with van der Waals surface area (Å²) in [7, 11) is 0. The average Bonchev–Trinajstić information content (AvgIpc) is 2.23. The Bertz CT molecular complexity index is 282. The molecule has 0 saturated carbocycles. The van der Waals surface area contributed by atoms with Crippen LogP contribution in [0, 0.1) is 6.92 Å². The van der Waals surface area contributed by atoms with E-state index in [1.54, 1.807) is 0 Å². The quantitative estimate of drug-likeness (QED) is 0.809. The van der Waals surface area contributed by atoms with Gasteiger partial charge in [-0.05, 0) is 12.5 Å². The lowest BCUT2D eigenvalue weighted by atomic mass is 10.2. The Morgan fingerprint density at radius 3 is 2.27 bits per heavy atom. The summed E-state index contributed by atoms with van der Waals surface area (Å²) in [5, 5.41) is 0. The summed E-state index contributed by atoms with van der Waals surface area (Å²) in [6.07, 6.45) is 0. The molecule has 4 heteroatoms. The topological polar surface area (TPSA) is 46.5 Å². The molecule has 0 bridgehead atoms. The normalized spacial score (nSPS) is 11.5. The van der Waals surface area contributed by atoms with E-state index in [9.17, 15) is 4.21 Å². The van der Waals surface area contributed by atoms with Crippen LogP contribution in [-0.4, -0.2) is 14.7 Å². The second-order valence-corrected chi connectivity index (χ2v) is 3.65. The smallest absolute Gasteiger partial charge is 0.179 e. The minimum Gasteiger partial charge on any atom is -0.361 e. The fourth-order valence-electron chi connectivity index (χ4n) is 0.915. The van der Waals surface area contributed by atoms with Crippen molar-refractivity contribution in [2.75, 3.05) is 5.94 Å². The molecule has 0 spiro atoms. The van der Waals surface area contributed by atoms with E-state index in [2.05, 4.69) is 0 Å².